The smallest absolute Gasteiger partial charge is 0.258 e. The number of carbonyl (C=O) groups is 1. The van der Waals surface area contributed by atoms with E-state index in [4.69, 9.17) is 4.74 Å². The summed E-state index contributed by atoms with van der Waals surface area (Å²) in [5, 5.41) is 3.11. The van der Waals surface area contributed by atoms with E-state index in [9.17, 15) is 4.79 Å². The monoisotopic (exact) mass is 259 g/mol. The van der Waals surface area contributed by atoms with Crippen molar-refractivity contribution in [1.29, 1.82) is 0 Å². The summed E-state index contributed by atoms with van der Waals surface area (Å²) in [6.45, 7) is 6.74. The van der Waals surface area contributed by atoms with Crippen LogP contribution in [0.2, 0.25) is 0 Å². The zero-order chi connectivity index (χ0) is 13.7. The molecule has 3 heteroatoms. The van der Waals surface area contributed by atoms with Gasteiger partial charge in [0.25, 0.3) is 5.91 Å². The van der Waals surface area contributed by atoms with Crippen molar-refractivity contribution in [3.8, 4) is 5.75 Å². The molecule has 1 saturated carbocycles. The first-order valence-corrected chi connectivity index (χ1v) is 7.00. The van der Waals surface area contributed by atoms with Gasteiger partial charge in [0.15, 0.2) is 5.72 Å². The summed E-state index contributed by atoms with van der Waals surface area (Å²) in [6, 6.07) is 7.49. The van der Waals surface area contributed by atoms with Crippen LogP contribution in [0.4, 0.5) is 0 Å². The van der Waals surface area contributed by atoms with Crippen LogP contribution in [0.1, 0.15) is 50.4 Å². The maximum absolute atomic E-state index is 12.3. The molecule has 1 heterocycles. The molecule has 0 saturated heterocycles. The van der Waals surface area contributed by atoms with Gasteiger partial charge in [0, 0.05) is 12.8 Å². The van der Waals surface area contributed by atoms with Gasteiger partial charge in [0.05, 0.1) is 5.56 Å². The number of rotatable bonds is 0. The van der Waals surface area contributed by atoms with Gasteiger partial charge in [-0.1, -0.05) is 32.9 Å². The Balaban J connectivity index is 1.97. The van der Waals surface area contributed by atoms with Crippen molar-refractivity contribution in [2.45, 2.75) is 45.8 Å². The van der Waals surface area contributed by atoms with Gasteiger partial charge in [-0.2, -0.15) is 0 Å². The predicted molar refractivity (Wildman–Crippen MR) is 74.1 cm³/mol. The third kappa shape index (κ3) is 2.22. The van der Waals surface area contributed by atoms with E-state index in [1.807, 2.05) is 24.3 Å². The number of hydrogen-bond donors (Lipinski definition) is 1. The molecule has 1 N–H and O–H groups in total. The van der Waals surface area contributed by atoms with Gasteiger partial charge in [-0.3, -0.25) is 4.79 Å². The van der Waals surface area contributed by atoms with Gasteiger partial charge in [0.2, 0.25) is 0 Å². The van der Waals surface area contributed by atoms with Crippen LogP contribution in [0.5, 0.6) is 5.75 Å². The van der Waals surface area contributed by atoms with E-state index in [-0.39, 0.29) is 11.3 Å². The minimum absolute atomic E-state index is 0.00764. The maximum Gasteiger partial charge on any atom is 0.258 e. The molecule has 1 fully saturated rings. The highest BCUT2D eigenvalue weighted by Gasteiger charge is 2.48. The molecule has 1 aliphatic carbocycles. The minimum Gasteiger partial charge on any atom is -0.467 e. The SMILES string of the molecule is C[C@@H]1CC(C)(C)C[C@]2(C1)NC(=O)c1ccccc1O2. The van der Waals surface area contributed by atoms with Crippen molar-refractivity contribution < 1.29 is 9.53 Å². The van der Waals surface area contributed by atoms with E-state index in [1.54, 1.807) is 0 Å². The third-order valence-corrected chi connectivity index (χ3v) is 4.12. The first kappa shape index (κ1) is 12.5. The number of amides is 1. The van der Waals surface area contributed by atoms with E-state index in [1.165, 1.54) is 6.42 Å². The molecule has 2 aliphatic rings. The van der Waals surface area contributed by atoms with E-state index >= 15 is 0 Å². The Labute approximate surface area is 114 Å². The average Bonchev–Trinajstić information content (AvgIpc) is 2.25. The molecule has 19 heavy (non-hydrogen) atoms. The van der Waals surface area contributed by atoms with Crippen molar-refractivity contribution in [3.05, 3.63) is 29.8 Å². The lowest BCUT2D eigenvalue weighted by Crippen LogP contribution is -2.60. The highest BCUT2D eigenvalue weighted by molar-refractivity contribution is 5.98. The maximum atomic E-state index is 12.3. The summed E-state index contributed by atoms with van der Waals surface area (Å²) in [7, 11) is 0. The first-order valence-electron chi connectivity index (χ1n) is 7.00. The molecule has 0 unspecified atom stereocenters. The third-order valence-electron chi connectivity index (χ3n) is 4.12. The average molecular weight is 259 g/mol. The van der Waals surface area contributed by atoms with Crippen molar-refractivity contribution in [1.82, 2.24) is 5.32 Å². The highest BCUT2D eigenvalue weighted by Crippen LogP contribution is 2.46. The van der Waals surface area contributed by atoms with Crippen LogP contribution in [0.25, 0.3) is 0 Å². The second kappa shape index (κ2) is 3.99. The van der Waals surface area contributed by atoms with Crippen LogP contribution in [0.3, 0.4) is 0 Å². The van der Waals surface area contributed by atoms with Gasteiger partial charge in [0.1, 0.15) is 5.75 Å². The Kier molecular flexibility index (Phi) is 2.63. The van der Waals surface area contributed by atoms with E-state index in [0.717, 1.165) is 18.6 Å². The number of carbonyl (C=O) groups excluding carboxylic acids is 1. The molecule has 1 spiro atoms. The summed E-state index contributed by atoms with van der Waals surface area (Å²) in [6.07, 6.45) is 2.93. The quantitative estimate of drug-likeness (QED) is 0.776. The normalized spacial score (nSPS) is 32.4. The molecule has 0 bridgehead atoms. The lowest BCUT2D eigenvalue weighted by molar-refractivity contribution is -0.0618. The molecular formula is C16H21NO2. The van der Waals surface area contributed by atoms with Crippen LogP contribution in [0.15, 0.2) is 24.3 Å². The largest absolute Gasteiger partial charge is 0.467 e. The summed E-state index contributed by atoms with van der Waals surface area (Å²) in [5.74, 6) is 1.26. The number of benzene rings is 1. The second-order valence-corrected chi connectivity index (χ2v) is 6.90. The van der Waals surface area contributed by atoms with Gasteiger partial charge in [-0.15, -0.1) is 0 Å². The molecule has 1 aromatic carbocycles. The predicted octanol–water partition coefficient (Wildman–Crippen LogP) is 3.35. The number of fused-ring (bicyclic) bond motifs is 1. The van der Waals surface area contributed by atoms with Gasteiger partial charge in [-0.25, -0.2) is 0 Å². The summed E-state index contributed by atoms with van der Waals surface area (Å²) >= 11 is 0. The zero-order valence-electron chi connectivity index (χ0n) is 11.8. The van der Waals surface area contributed by atoms with Crippen molar-refractivity contribution >= 4 is 5.91 Å². The first-order chi connectivity index (χ1) is 8.89. The fourth-order valence-electron chi connectivity index (χ4n) is 3.92. The standard InChI is InChI=1S/C16H21NO2/c1-11-8-15(2,3)10-16(9-11)17-14(18)12-6-4-5-7-13(12)19-16/h4-7,11H,8-10H2,1-3H3,(H,17,18)/t11-,16-/m1/s1. The molecule has 3 rings (SSSR count). The van der Waals surface area contributed by atoms with Crippen LogP contribution in [-0.4, -0.2) is 11.6 Å². The molecule has 1 aromatic rings. The number of nitrogens with one attached hydrogen (secondary N) is 1. The second-order valence-electron chi connectivity index (χ2n) is 6.90. The zero-order valence-corrected chi connectivity index (χ0v) is 11.8. The van der Waals surface area contributed by atoms with Crippen molar-refractivity contribution in [3.63, 3.8) is 0 Å². The van der Waals surface area contributed by atoms with E-state index < -0.39 is 5.72 Å². The Morgan fingerprint density at radius 2 is 2.00 bits per heavy atom. The molecule has 0 radical (unpaired) electrons. The van der Waals surface area contributed by atoms with Crippen LogP contribution >= 0.6 is 0 Å². The topological polar surface area (TPSA) is 38.3 Å². The van der Waals surface area contributed by atoms with Crippen LogP contribution < -0.4 is 10.1 Å². The lowest BCUT2D eigenvalue weighted by Gasteiger charge is -2.49. The van der Waals surface area contributed by atoms with Crippen LogP contribution in [-0.2, 0) is 0 Å². The van der Waals surface area contributed by atoms with Gasteiger partial charge >= 0.3 is 0 Å². The molecule has 102 valence electrons. The van der Waals surface area contributed by atoms with Gasteiger partial charge < -0.3 is 10.1 Å². The van der Waals surface area contributed by atoms with Crippen LogP contribution in [0, 0.1) is 11.3 Å². The molecule has 0 aromatic heterocycles. The molecule has 2 atom stereocenters. The Morgan fingerprint density at radius 1 is 1.26 bits per heavy atom. The number of ether oxygens (including phenoxy) is 1. The summed E-state index contributed by atoms with van der Waals surface area (Å²) < 4.78 is 6.20. The summed E-state index contributed by atoms with van der Waals surface area (Å²) in [4.78, 5) is 12.3. The van der Waals surface area contributed by atoms with E-state index in [0.29, 0.717) is 11.5 Å². The molecule has 1 aliphatic heterocycles. The number of para-hydroxylation sites is 1. The summed E-state index contributed by atoms with van der Waals surface area (Å²) in [5.41, 5.74) is 0.313. The molecule has 3 nitrogen and oxygen atoms in total. The molecular weight excluding hydrogens is 238 g/mol. The minimum atomic E-state index is -0.521. The van der Waals surface area contributed by atoms with Gasteiger partial charge in [-0.05, 0) is 29.9 Å². The number of hydrogen-bond acceptors (Lipinski definition) is 2. The highest BCUT2D eigenvalue weighted by atomic mass is 16.5. The Morgan fingerprint density at radius 3 is 2.74 bits per heavy atom. The van der Waals surface area contributed by atoms with Crippen molar-refractivity contribution in [2.75, 3.05) is 0 Å². The Hall–Kier alpha value is -1.51. The Bertz CT molecular complexity index is 523. The fraction of sp³-hybridized carbons (Fsp3) is 0.562. The van der Waals surface area contributed by atoms with Crippen molar-refractivity contribution in [2.24, 2.45) is 11.3 Å². The lowest BCUT2D eigenvalue weighted by atomic mass is 9.68. The fourth-order valence-corrected chi connectivity index (χ4v) is 3.92. The van der Waals surface area contributed by atoms with E-state index in [2.05, 4.69) is 26.1 Å². The molecule has 1 amide bonds.